The summed E-state index contributed by atoms with van der Waals surface area (Å²) in [7, 11) is 0. The molecule has 5 heteroatoms. The van der Waals surface area contributed by atoms with Gasteiger partial charge in [-0.15, -0.1) is 11.3 Å². The Morgan fingerprint density at radius 3 is 2.68 bits per heavy atom. The lowest BCUT2D eigenvalue weighted by Gasteiger charge is -2.19. The van der Waals surface area contributed by atoms with Crippen LogP contribution < -0.4 is 5.56 Å². The Balaban J connectivity index is 2.02. The van der Waals surface area contributed by atoms with E-state index >= 15 is 0 Å². The van der Waals surface area contributed by atoms with Crippen molar-refractivity contribution in [1.82, 2.24) is 14.5 Å². The van der Waals surface area contributed by atoms with Gasteiger partial charge in [0, 0.05) is 18.0 Å². The van der Waals surface area contributed by atoms with Crippen LogP contribution in [0.15, 0.2) is 4.79 Å². The number of fused-ring (bicyclic) bond motifs is 3. The van der Waals surface area contributed by atoms with E-state index in [4.69, 9.17) is 4.98 Å². The number of nitrogens with zero attached hydrogens (tertiary/aromatic N) is 3. The van der Waals surface area contributed by atoms with E-state index in [9.17, 15) is 4.79 Å². The number of aromatic nitrogens is 2. The number of hydrogen-bond donors (Lipinski definition) is 0. The van der Waals surface area contributed by atoms with Crippen LogP contribution in [-0.2, 0) is 19.4 Å². The molecule has 0 saturated carbocycles. The van der Waals surface area contributed by atoms with Crippen molar-refractivity contribution in [2.75, 3.05) is 19.6 Å². The number of thiophene rings is 1. The number of likely N-dealkylation sites (N-methyl/N-ethyl adjacent to an activating group) is 1. The molecule has 2 aromatic heterocycles. The van der Waals surface area contributed by atoms with Crippen LogP contribution in [0.4, 0.5) is 0 Å². The number of hydrogen-bond acceptors (Lipinski definition) is 4. The van der Waals surface area contributed by atoms with Crippen molar-refractivity contribution < 1.29 is 0 Å². The third kappa shape index (κ3) is 2.72. The quantitative estimate of drug-likeness (QED) is 0.850. The highest BCUT2D eigenvalue weighted by molar-refractivity contribution is 7.18. The summed E-state index contributed by atoms with van der Waals surface area (Å²) in [4.78, 5) is 22.4. The van der Waals surface area contributed by atoms with Gasteiger partial charge in [-0.1, -0.05) is 13.8 Å². The lowest BCUT2D eigenvalue weighted by atomic mass is 9.97. The van der Waals surface area contributed by atoms with Crippen molar-refractivity contribution in [2.45, 2.75) is 53.0 Å². The average Bonchev–Trinajstić information content (AvgIpc) is 2.88. The topological polar surface area (TPSA) is 38.1 Å². The molecule has 0 aromatic carbocycles. The Bertz CT molecular complexity index is 728. The third-order valence-electron chi connectivity index (χ3n) is 4.80. The maximum absolute atomic E-state index is 13.0. The maximum atomic E-state index is 13.0. The zero-order chi connectivity index (χ0) is 15.7. The highest BCUT2D eigenvalue weighted by Crippen LogP contribution is 2.33. The van der Waals surface area contributed by atoms with Gasteiger partial charge in [-0.05, 0) is 51.3 Å². The molecule has 0 atom stereocenters. The van der Waals surface area contributed by atoms with Gasteiger partial charge < -0.3 is 4.90 Å². The Kier molecular flexibility index (Phi) is 4.64. The molecule has 0 unspecified atom stereocenters. The minimum atomic E-state index is 0.175. The monoisotopic (exact) mass is 319 g/mol. The molecule has 0 amide bonds. The lowest BCUT2D eigenvalue weighted by Crippen LogP contribution is -2.32. The van der Waals surface area contributed by atoms with E-state index in [-0.39, 0.29) is 5.56 Å². The predicted molar refractivity (Wildman–Crippen MR) is 93.0 cm³/mol. The normalized spacial score (nSPS) is 14.7. The second-order valence-electron chi connectivity index (χ2n) is 6.03. The first-order chi connectivity index (χ1) is 10.7. The fourth-order valence-corrected chi connectivity index (χ4v) is 4.68. The van der Waals surface area contributed by atoms with Crippen LogP contribution in [0.3, 0.4) is 0 Å². The second kappa shape index (κ2) is 6.50. The molecule has 0 spiro atoms. The highest BCUT2D eigenvalue weighted by Gasteiger charge is 2.21. The molecule has 0 bridgehead atoms. The molecule has 4 nitrogen and oxygen atoms in total. The smallest absolute Gasteiger partial charge is 0.262 e. The SMILES string of the molecule is CCN(CC)CCn1c(C)nc2sc3c(c2c1=O)CCCC3. The summed E-state index contributed by atoms with van der Waals surface area (Å²) in [5.74, 6) is 0.850. The van der Waals surface area contributed by atoms with Gasteiger partial charge in [0.2, 0.25) is 0 Å². The van der Waals surface area contributed by atoms with E-state index in [1.165, 1.54) is 23.3 Å². The van der Waals surface area contributed by atoms with Gasteiger partial charge in [-0.3, -0.25) is 9.36 Å². The van der Waals surface area contributed by atoms with Crippen LogP contribution in [-0.4, -0.2) is 34.1 Å². The van der Waals surface area contributed by atoms with Crippen molar-refractivity contribution in [2.24, 2.45) is 0 Å². The molecule has 0 saturated heterocycles. The molecule has 2 heterocycles. The predicted octanol–water partition coefficient (Wildman–Crippen LogP) is 2.99. The molecule has 0 N–H and O–H groups in total. The van der Waals surface area contributed by atoms with E-state index in [1.54, 1.807) is 11.3 Å². The summed E-state index contributed by atoms with van der Waals surface area (Å²) in [5, 5.41) is 0.907. The van der Waals surface area contributed by atoms with E-state index < -0.39 is 0 Å². The summed E-state index contributed by atoms with van der Waals surface area (Å²) >= 11 is 1.74. The summed E-state index contributed by atoms with van der Waals surface area (Å²) in [5.41, 5.74) is 1.47. The molecule has 0 aliphatic heterocycles. The zero-order valence-corrected chi connectivity index (χ0v) is 14.6. The molecular weight excluding hydrogens is 294 g/mol. The van der Waals surface area contributed by atoms with Crippen LogP contribution >= 0.6 is 11.3 Å². The Morgan fingerprint density at radius 1 is 1.23 bits per heavy atom. The van der Waals surface area contributed by atoms with E-state index in [2.05, 4.69) is 18.7 Å². The van der Waals surface area contributed by atoms with Gasteiger partial charge in [0.1, 0.15) is 10.7 Å². The summed E-state index contributed by atoms with van der Waals surface area (Å²) in [6.07, 6.45) is 4.61. The minimum Gasteiger partial charge on any atom is -0.302 e. The Labute approximate surface area is 135 Å². The standard InChI is InChI=1S/C17H25N3OS/c1-4-19(5-2)10-11-20-12(3)18-16-15(17(20)21)13-8-6-7-9-14(13)22-16/h4-11H2,1-3H3. The van der Waals surface area contributed by atoms with Crippen molar-refractivity contribution in [1.29, 1.82) is 0 Å². The van der Waals surface area contributed by atoms with Gasteiger partial charge in [0.15, 0.2) is 0 Å². The highest BCUT2D eigenvalue weighted by atomic mass is 32.1. The van der Waals surface area contributed by atoms with Crippen LogP contribution in [0, 0.1) is 6.92 Å². The van der Waals surface area contributed by atoms with Gasteiger partial charge in [-0.25, -0.2) is 4.98 Å². The van der Waals surface area contributed by atoms with Gasteiger partial charge in [0.25, 0.3) is 5.56 Å². The van der Waals surface area contributed by atoms with Crippen LogP contribution in [0.5, 0.6) is 0 Å². The molecule has 120 valence electrons. The van der Waals surface area contributed by atoms with Crippen LogP contribution in [0.1, 0.15) is 43.0 Å². The molecule has 22 heavy (non-hydrogen) atoms. The fraction of sp³-hybridized carbons (Fsp3) is 0.647. The molecule has 2 aromatic rings. The molecule has 1 aliphatic carbocycles. The van der Waals surface area contributed by atoms with E-state index in [0.29, 0.717) is 0 Å². The summed E-state index contributed by atoms with van der Waals surface area (Å²) in [6, 6.07) is 0. The first kappa shape index (κ1) is 15.7. The zero-order valence-electron chi connectivity index (χ0n) is 13.8. The second-order valence-corrected chi connectivity index (χ2v) is 7.12. The number of rotatable bonds is 5. The molecule has 0 radical (unpaired) electrons. The van der Waals surface area contributed by atoms with Gasteiger partial charge in [-0.2, -0.15) is 0 Å². The minimum absolute atomic E-state index is 0.175. The maximum Gasteiger partial charge on any atom is 0.262 e. The van der Waals surface area contributed by atoms with Crippen molar-refractivity contribution in [3.05, 3.63) is 26.6 Å². The Morgan fingerprint density at radius 2 is 1.95 bits per heavy atom. The summed E-state index contributed by atoms with van der Waals surface area (Å²) < 4.78 is 1.88. The fourth-order valence-electron chi connectivity index (χ4n) is 3.38. The van der Waals surface area contributed by atoms with Crippen molar-refractivity contribution in [3.63, 3.8) is 0 Å². The van der Waals surface area contributed by atoms with E-state index in [1.807, 2.05) is 11.5 Å². The number of aryl methyl sites for hydroxylation is 3. The van der Waals surface area contributed by atoms with Crippen LogP contribution in [0.2, 0.25) is 0 Å². The third-order valence-corrected chi connectivity index (χ3v) is 5.99. The van der Waals surface area contributed by atoms with Gasteiger partial charge >= 0.3 is 0 Å². The first-order valence-electron chi connectivity index (χ1n) is 8.39. The molecule has 1 aliphatic rings. The summed E-state index contributed by atoms with van der Waals surface area (Å²) in [6.45, 7) is 9.97. The molecular formula is C17H25N3OS. The van der Waals surface area contributed by atoms with Gasteiger partial charge in [0.05, 0.1) is 5.39 Å². The largest absolute Gasteiger partial charge is 0.302 e. The molecule has 3 rings (SSSR count). The van der Waals surface area contributed by atoms with E-state index in [0.717, 1.165) is 55.1 Å². The Hall–Kier alpha value is -1.20. The van der Waals surface area contributed by atoms with Crippen molar-refractivity contribution in [3.8, 4) is 0 Å². The first-order valence-corrected chi connectivity index (χ1v) is 9.21. The average molecular weight is 319 g/mol. The molecule has 0 fully saturated rings. The lowest BCUT2D eigenvalue weighted by molar-refractivity contribution is 0.288. The van der Waals surface area contributed by atoms with Crippen LogP contribution in [0.25, 0.3) is 10.2 Å². The van der Waals surface area contributed by atoms with Crippen molar-refractivity contribution >= 4 is 21.6 Å².